The van der Waals surface area contributed by atoms with Crippen molar-refractivity contribution in [2.45, 2.75) is 45.3 Å². The Morgan fingerprint density at radius 1 is 1.48 bits per heavy atom. The molecule has 0 spiro atoms. The fourth-order valence-electron chi connectivity index (χ4n) is 2.59. The van der Waals surface area contributed by atoms with Gasteiger partial charge in [-0.3, -0.25) is 0 Å². The minimum absolute atomic E-state index is 0.204. The second-order valence-corrected chi connectivity index (χ2v) is 6.68. The van der Waals surface area contributed by atoms with Gasteiger partial charge >= 0.3 is 5.97 Å². The first-order valence-electron chi connectivity index (χ1n) is 7.13. The summed E-state index contributed by atoms with van der Waals surface area (Å²) in [5, 5.41) is 9.56. The van der Waals surface area contributed by atoms with Gasteiger partial charge in [0, 0.05) is 12.0 Å². The molecule has 0 saturated heterocycles. The van der Waals surface area contributed by atoms with Crippen molar-refractivity contribution < 1.29 is 19.4 Å². The third kappa shape index (κ3) is 3.13. The molecule has 1 unspecified atom stereocenters. The van der Waals surface area contributed by atoms with Gasteiger partial charge in [0.2, 0.25) is 0 Å². The third-order valence-corrected chi connectivity index (χ3v) is 3.49. The summed E-state index contributed by atoms with van der Waals surface area (Å²) in [7, 11) is 0. The topological polar surface area (TPSA) is 81.8 Å². The first-order chi connectivity index (χ1) is 9.64. The van der Waals surface area contributed by atoms with Crippen molar-refractivity contribution in [1.29, 1.82) is 0 Å². The number of carboxylic acid groups (broad SMARTS) is 1. The molecule has 0 bridgehead atoms. The van der Waals surface area contributed by atoms with E-state index >= 15 is 0 Å². The molecule has 0 radical (unpaired) electrons. The molecule has 3 N–H and O–H groups in total. The third-order valence-electron chi connectivity index (χ3n) is 3.49. The van der Waals surface area contributed by atoms with Crippen LogP contribution in [0.2, 0.25) is 0 Å². The molecule has 1 atom stereocenters. The quantitative estimate of drug-likeness (QED) is 0.891. The molecule has 0 amide bonds. The number of carbonyl (C=O) groups is 1. The van der Waals surface area contributed by atoms with Crippen molar-refractivity contribution in [1.82, 2.24) is 0 Å². The molecule has 0 saturated carbocycles. The molecule has 116 valence electrons. The zero-order valence-corrected chi connectivity index (χ0v) is 13.0. The minimum atomic E-state index is -1.46. The van der Waals surface area contributed by atoms with Crippen LogP contribution in [0.1, 0.15) is 39.7 Å². The van der Waals surface area contributed by atoms with Crippen LogP contribution >= 0.6 is 0 Å². The van der Waals surface area contributed by atoms with Crippen molar-refractivity contribution in [2.24, 2.45) is 11.7 Å². The Morgan fingerprint density at radius 2 is 2.14 bits per heavy atom. The van der Waals surface area contributed by atoms with Crippen molar-refractivity contribution in [2.75, 3.05) is 6.61 Å². The Hall–Kier alpha value is -1.75. The van der Waals surface area contributed by atoms with Crippen molar-refractivity contribution in [3.63, 3.8) is 0 Å². The molecule has 0 aromatic heterocycles. The van der Waals surface area contributed by atoms with Crippen LogP contribution in [0.15, 0.2) is 18.2 Å². The number of hydrogen-bond acceptors (Lipinski definition) is 4. The molecule has 1 aromatic carbocycles. The van der Waals surface area contributed by atoms with Crippen LogP contribution in [-0.4, -0.2) is 23.3 Å². The van der Waals surface area contributed by atoms with Gasteiger partial charge in [-0.25, -0.2) is 4.79 Å². The maximum atomic E-state index is 11.7. The molecule has 1 heterocycles. The lowest BCUT2D eigenvalue weighted by Crippen LogP contribution is -2.54. The van der Waals surface area contributed by atoms with Crippen LogP contribution < -0.4 is 15.2 Å². The number of nitrogens with two attached hydrogens (primary N) is 1. The van der Waals surface area contributed by atoms with Crippen LogP contribution in [0.4, 0.5) is 0 Å². The predicted molar refractivity (Wildman–Crippen MR) is 79.6 cm³/mol. The number of aliphatic carboxylic acids is 1. The van der Waals surface area contributed by atoms with Crippen LogP contribution in [-0.2, 0) is 10.3 Å². The average molecular weight is 293 g/mol. The second kappa shape index (κ2) is 5.22. The maximum Gasteiger partial charge on any atom is 0.328 e. The lowest BCUT2D eigenvalue weighted by atomic mass is 9.78. The summed E-state index contributed by atoms with van der Waals surface area (Å²) in [4.78, 5) is 11.7. The van der Waals surface area contributed by atoms with E-state index in [0.29, 0.717) is 29.6 Å². The highest BCUT2D eigenvalue weighted by Gasteiger charge is 2.48. The van der Waals surface area contributed by atoms with Crippen molar-refractivity contribution in [3.8, 4) is 11.5 Å². The summed E-state index contributed by atoms with van der Waals surface area (Å²) >= 11 is 0. The number of ether oxygens (including phenoxy) is 2. The standard InChI is InChI=1S/C16H23NO4/c1-10(2)8-20-11-5-6-13-12(7-11)16(17,14(18)19)9-15(3,4)21-13/h5-7,10H,8-9,17H2,1-4H3,(H,18,19). The first kappa shape index (κ1) is 15.6. The van der Waals surface area contributed by atoms with Gasteiger partial charge in [-0.05, 0) is 38.0 Å². The Morgan fingerprint density at radius 3 is 2.71 bits per heavy atom. The largest absolute Gasteiger partial charge is 0.493 e. The second-order valence-electron chi connectivity index (χ2n) is 6.68. The molecule has 1 aliphatic heterocycles. The van der Waals surface area contributed by atoms with Gasteiger partial charge in [-0.2, -0.15) is 0 Å². The summed E-state index contributed by atoms with van der Waals surface area (Å²) in [5.41, 5.74) is 4.56. The Bertz CT molecular complexity index is 553. The van der Waals surface area contributed by atoms with Gasteiger partial charge < -0.3 is 20.3 Å². The van der Waals surface area contributed by atoms with Crippen LogP contribution in [0.5, 0.6) is 11.5 Å². The highest BCUT2D eigenvalue weighted by molar-refractivity contribution is 5.82. The first-order valence-corrected chi connectivity index (χ1v) is 7.13. The van der Waals surface area contributed by atoms with Crippen LogP contribution in [0.25, 0.3) is 0 Å². The van der Waals surface area contributed by atoms with Gasteiger partial charge in [-0.15, -0.1) is 0 Å². The van der Waals surface area contributed by atoms with Crippen molar-refractivity contribution >= 4 is 5.97 Å². The Kier molecular flexibility index (Phi) is 3.89. The zero-order valence-electron chi connectivity index (χ0n) is 13.0. The molecule has 0 aliphatic carbocycles. The summed E-state index contributed by atoms with van der Waals surface area (Å²) in [6.45, 7) is 8.34. The van der Waals surface area contributed by atoms with Crippen LogP contribution in [0, 0.1) is 5.92 Å². The van der Waals surface area contributed by atoms with Gasteiger partial charge in [-0.1, -0.05) is 13.8 Å². The molecular weight excluding hydrogens is 270 g/mol. The monoisotopic (exact) mass is 293 g/mol. The van der Waals surface area contributed by atoms with E-state index in [4.69, 9.17) is 15.2 Å². The summed E-state index contributed by atoms with van der Waals surface area (Å²) in [5.74, 6) is 0.453. The van der Waals surface area contributed by atoms with E-state index in [0.717, 1.165) is 0 Å². The molecule has 0 fully saturated rings. The Labute approximate surface area is 125 Å². The SMILES string of the molecule is CC(C)COc1ccc2c(c1)C(N)(C(=O)O)CC(C)(C)O2. The Balaban J connectivity index is 2.42. The molecular formula is C16H23NO4. The van der Waals surface area contributed by atoms with Gasteiger partial charge in [0.1, 0.15) is 22.6 Å². The van der Waals surface area contributed by atoms with E-state index in [2.05, 4.69) is 13.8 Å². The fraction of sp³-hybridized carbons (Fsp3) is 0.562. The van der Waals surface area contributed by atoms with E-state index < -0.39 is 17.1 Å². The number of benzene rings is 1. The number of rotatable bonds is 4. The number of hydrogen-bond donors (Lipinski definition) is 2. The van der Waals surface area contributed by atoms with Crippen LogP contribution in [0.3, 0.4) is 0 Å². The molecule has 1 aromatic rings. The summed E-state index contributed by atoms with van der Waals surface area (Å²) in [6.07, 6.45) is 0.204. The molecule has 5 nitrogen and oxygen atoms in total. The van der Waals surface area contributed by atoms with Gasteiger partial charge in [0.25, 0.3) is 0 Å². The lowest BCUT2D eigenvalue weighted by molar-refractivity contribution is -0.147. The van der Waals surface area contributed by atoms with Crippen molar-refractivity contribution in [3.05, 3.63) is 23.8 Å². The maximum absolute atomic E-state index is 11.7. The molecule has 5 heteroatoms. The van der Waals surface area contributed by atoms with E-state index in [1.165, 1.54) is 0 Å². The van der Waals surface area contributed by atoms with E-state index in [-0.39, 0.29) is 6.42 Å². The van der Waals surface area contributed by atoms with Gasteiger partial charge in [0.15, 0.2) is 0 Å². The number of fused-ring (bicyclic) bond motifs is 1. The van der Waals surface area contributed by atoms with E-state index in [9.17, 15) is 9.90 Å². The minimum Gasteiger partial charge on any atom is -0.493 e. The highest BCUT2D eigenvalue weighted by atomic mass is 16.5. The highest BCUT2D eigenvalue weighted by Crippen LogP contribution is 2.43. The smallest absolute Gasteiger partial charge is 0.328 e. The zero-order chi connectivity index (χ0) is 15.8. The van der Waals surface area contributed by atoms with E-state index in [1.54, 1.807) is 18.2 Å². The summed E-state index contributed by atoms with van der Waals surface area (Å²) in [6, 6.07) is 5.20. The normalized spacial score (nSPS) is 23.3. The summed E-state index contributed by atoms with van der Waals surface area (Å²) < 4.78 is 11.5. The lowest BCUT2D eigenvalue weighted by Gasteiger charge is -2.41. The number of carboxylic acids is 1. The molecule has 2 rings (SSSR count). The predicted octanol–water partition coefficient (Wildman–Crippen LogP) is 2.52. The van der Waals surface area contributed by atoms with Gasteiger partial charge in [0.05, 0.1) is 6.61 Å². The van der Waals surface area contributed by atoms with E-state index in [1.807, 2.05) is 13.8 Å². The molecule has 1 aliphatic rings. The average Bonchev–Trinajstić information content (AvgIpc) is 2.35. The molecule has 21 heavy (non-hydrogen) atoms. The fourth-order valence-corrected chi connectivity index (χ4v) is 2.59.